The second-order valence-corrected chi connectivity index (χ2v) is 3.84. The summed E-state index contributed by atoms with van der Waals surface area (Å²) in [5.41, 5.74) is -0.157. The fraction of sp³-hybridized carbons (Fsp3) is 0.444. The maximum atomic E-state index is 11.4. The van der Waals surface area contributed by atoms with E-state index in [-0.39, 0.29) is 23.0 Å². The summed E-state index contributed by atoms with van der Waals surface area (Å²) < 4.78 is 4.59. The number of rotatable bonds is 1. The van der Waals surface area contributed by atoms with Crippen molar-refractivity contribution in [3.8, 4) is 5.95 Å². The van der Waals surface area contributed by atoms with E-state index in [0.29, 0.717) is 0 Å². The van der Waals surface area contributed by atoms with E-state index < -0.39 is 0 Å². The van der Waals surface area contributed by atoms with Crippen molar-refractivity contribution in [3.63, 3.8) is 0 Å². The molecule has 0 aliphatic heterocycles. The van der Waals surface area contributed by atoms with Crippen molar-refractivity contribution >= 4 is 5.91 Å². The highest BCUT2D eigenvalue weighted by Crippen LogP contribution is 2.17. The maximum Gasteiger partial charge on any atom is 0.295 e. The van der Waals surface area contributed by atoms with Crippen molar-refractivity contribution in [1.29, 1.82) is 0 Å². The predicted octanol–water partition coefficient (Wildman–Crippen LogP) is 1.51. The molecule has 1 aromatic heterocycles. The summed E-state index contributed by atoms with van der Waals surface area (Å²) >= 11 is 0. The monoisotopic (exact) mass is 183 g/mol. The highest BCUT2D eigenvalue weighted by molar-refractivity contribution is 5.96. The number of hydrogen-bond donors (Lipinski definition) is 2. The molecule has 0 aliphatic carbocycles. The average Bonchev–Trinajstić information content (AvgIpc) is 2.30. The van der Waals surface area contributed by atoms with Gasteiger partial charge in [-0.05, 0) is 26.8 Å². The number of amides is 1. The Morgan fingerprint density at radius 1 is 1.54 bits per heavy atom. The van der Waals surface area contributed by atoms with E-state index in [1.165, 1.54) is 12.3 Å². The molecule has 0 atom stereocenters. The van der Waals surface area contributed by atoms with Crippen LogP contribution in [0.1, 0.15) is 31.1 Å². The Hall–Kier alpha value is -1.45. The number of hydrogen-bond acceptors (Lipinski definition) is 3. The van der Waals surface area contributed by atoms with E-state index in [4.69, 9.17) is 5.11 Å². The minimum Gasteiger partial charge on any atom is -0.480 e. The molecular weight excluding hydrogens is 170 g/mol. The average molecular weight is 183 g/mol. The molecule has 0 fully saturated rings. The van der Waals surface area contributed by atoms with E-state index in [1.807, 2.05) is 20.8 Å². The van der Waals surface area contributed by atoms with Gasteiger partial charge in [-0.1, -0.05) is 0 Å². The first-order valence-electron chi connectivity index (χ1n) is 3.99. The molecule has 1 heterocycles. The Morgan fingerprint density at radius 3 is 2.54 bits per heavy atom. The molecule has 72 valence electrons. The Bertz CT molecular complexity index is 309. The zero-order valence-electron chi connectivity index (χ0n) is 7.92. The van der Waals surface area contributed by atoms with Crippen LogP contribution < -0.4 is 5.32 Å². The van der Waals surface area contributed by atoms with Crippen LogP contribution in [0.2, 0.25) is 0 Å². The molecule has 0 aromatic carbocycles. The molecule has 0 radical (unpaired) electrons. The third-order valence-corrected chi connectivity index (χ3v) is 1.38. The lowest BCUT2D eigenvalue weighted by Gasteiger charge is -2.19. The van der Waals surface area contributed by atoms with Crippen LogP contribution in [0.15, 0.2) is 16.7 Å². The summed E-state index contributed by atoms with van der Waals surface area (Å²) in [7, 11) is 0. The Morgan fingerprint density at radius 2 is 2.15 bits per heavy atom. The number of aromatic hydroxyl groups is 1. The summed E-state index contributed by atoms with van der Waals surface area (Å²) in [5, 5.41) is 11.8. The first kappa shape index (κ1) is 9.64. The van der Waals surface area contributed by atoms with Crippen LogP contribution >= 0.6 is 0 Å². The highest BCUT2D eigenvalue weighted by Gasteiger charge is 2.19. The molecule has 0 spiro atoms. The van der Waals surface area contributed by atoms with Crippen LogP contribution in [0.25, 0.3) is 0 Å². The second kappa shape index (κ2) is 3.12. The van der Waals surface area contributed by atoms with E-state index in [1.54, 1.807) is 0 Å². The van der Waals surface area contributed by atoms with Gasteiger partial charge in [0, 0.05) is 5.54 Å². The van der Waals surface area contributed by atoms with E-state index in [0.717, 1.165) is 0 Å². The quantitative estimate of drug-likeness (QED) is 0.693. The Labute approximate surface area is 76.6 Å². The van der Waals surface area contributed by atoms with Crippen LogP contribution in [0, 0.1) is 0 Å². The van der Waals surface area contributed by atoms with Gasteiger partial charge in [-0.2, -0.15) is 0 Å². The molecule has 0 saturated heterocycles. The number of carbonyl (C=O) groups is 1. The van der Waals surface area contributed by atoms with Crippen LogP contribution in [0.5, 0.6) is 5.95 Å². The number of nitrogens with one attached hydrogen (secondary N) is 1. The Balaban J connectivity index is 2.76. The fourth-order valence-electron chi connectivity index (χ4n) is 0.882. The van der Waals surface area contributed by atoms with Gasteiger partial charge >= 0.3 is 0 Å². The van der Waals surface area contributed by atoms with E-state index in [9.17, 15) is 4.79 Å². The molecule has 1 aromatic rings. The van der Waals surface area contributed by atoms with Crippen molar-refractivity contribution in [2.75, 3.05) is 0 Å². The SMILES string of the molecule is CC(C)(C)NC(=O)c1ccoc1O. The van der Waals surface area contributed by atoms with Crippen molar-refractivity contribution in [2.45, 2.75) is 26.3 Å². The molecule has 1 rings (SSSR count). The second-order valence-electron chi connectivity index (χ2n) is 3.84. The predicted molar refractivity (Wildman–Crippen MR) is 47.6 cm³/mol. The summed E-state index contributed by atoms with van der Waals surface area (Å²) in [4.78, 5) is 11.4. The third-order valence-electron chi connectivity index (χ3n) is 1.38. The van der Waals surface area contributed by atoms with E-state index >= 15 is 0 Å². The summed E-state index contributed by atoms with van der Waals surface area (Å²) in [6.07, 6.45) is 1.27. The standard InChI is InChI=1S/C9H13NO3/c1-9(2,3)10-7(11)6-4-5-13-8(6)12/h4-5,12H,1-3H3,(H,10,11). The normalized spacial score (nSPS) is 11.3. The largest absolute Gasteiger partial charge is 0.480 e. The van der Waals surface area contributed by atoms with Gasteiger partial charge in [0.1, 0.15) is 5.56 Å². The Kier molecular flexibility index (Phi) is 2.32. The van der Waals surface area contributed by atoms with Gasteiger partial charge in [-0.3, -0.25) is 4.79 Å². The van der Waals surface area contributed by atoms with Gasteiger partial charge in [0.05, 0.1) is 6.26 Å². The van der Waals surface area contributed by atoms with Crippen molar-refractivity contribution in [3.05, 3.63) is 17.9 Å². The van der Waals surface area contributed by atoms with Gasteiger partial charge in [-0.25, -0.2) is 0 Å². The van der Waals surface area contributed by atoms with Gasteiger partial charge in [0.15, 0.2) is 0 Å². The molecule has 2 N–H and O–H groups in total. The van der Waals surface area contributed by atoms with Gasteiger partial charge in [0.25, 0.3) is 11.9 Å². The first-order valence-corrected chi connectivity index (χ1v) is 3.99. The smallest absolute Gasteiger partial charge is 0.295 e. The highest BCUT2D eigenvalue weighted by atomic mass is 16.5. The van der Waals surface area contributed by atoms with Crippen LogP contribution in [-0.2, 0) is 0 Å². The summed E-state index contributed by atoms with van der Waals surface area (Å²) in [6.45, 7) is 5.59. The van der Waals surface area contributed by atoms with Gasteiger partial charge in [0.2, 0.25) is 0 Å². The van der Waals surface area contributed by atoms with Crippen molar-refractivity contribution in [1.82, 2.24) is 5.32 Å². The van der Waals surface area contributed by atoms with Crippen molar-refractivity contribution < 1.29 is 14.3 Å². The minimum absolute atomic E-state index is 0.162. The summed E-state index contributed by atoms with van der Waals surface area (Å²) in [5.74, 6) is -0.680. The molecule has 0 bridgehead atoms. The lowest BCUT2D eigenvalue weighted by molar-refractivity contribution is 0.0914. The van der Waals surface area contributed by atoms with Crippen LogP contribution in [0.3, 0.4) is 0 Å². The lowest BCUT2D eigenvalue weighted by Crippen LogP contribution is -2.40. The fourth-order valence-corrected chi connectivity index (χ4v) is 0.882. The van der Waals surface area contributed by atoms with Crippen LogP contribution in [-0.4, -0.2) is 16.6 Å². The first-order chi connectivity index (χ1) is 5.90. The van der Waals surface area contributed by atoms with Crippen molar-refractivity contribution in [2.24, 2.45) is 0 Å². The molecule has 0 aliphatic rings. The molecule has 4 nitrogen and oxygen atoms in total. The van der Waals surface area contributed by atoms with E-state index in [2.05, 4.69) is 9.73 Å². The molecular formula is C9H13NO3. The van der Waals surface area contributed by atoms with Crippen LogP contribution in [0.4, 0.5) is 0 Å². The zero-order valence-corrected chi connectivity index (χ0v) is 7.92. The molecule has 0 unspecified atom stereocenters. The molecule has 1 amide bonds. The topological polar surface area (TPSA) is 62.5 Å². The minimum atomic E-state index is -0.346. The molecule has 0 saturated carbocycles. The zero-order chi connectivity index (χ0) is 10.1. The van der Waals surface area contributed by atoms with Gasteiger partial charge < -0.3 is 14.8 Å². The molecule has 4 heteroatoms. The summed E-state index contributed by atoms with van der Waals surface area (Å²) in [6, 6.07) is 1.43. The number of furan rings is 1. The number of carbonyl (C=O) groups excluding carboxylic acids is 1. The third kappa shape index (κ3) is 2.50. The maximum absolute atomic E-state index is 11.4. The molecule has 13 heavy (non-hydrogen) atoms. The lowest BCUT2D eigenvalue weighted by atomic mass is 10.1. The van der Waals surface area contributed by atoms with Gasteiger partial charge in [-0.15, -0.1) is 0 Å².